The normalized spacial score (nSPS) is 18.3. The smallest absolute Gasteiger partial charge is 0.303 e. The molecular formula is C19H37NO4. The van der Waals surface area contributed by atoms with Gasteiger partial charge in [0.25, 0.3) is 0 Å². The van der Waals surface area contributed by atoms with Gasteiger partial charge in [-0.15, -0.1) is 0 Å². The maximum atomic E-state index is 10.1. The third-order valence-electron chi connectivity index (χ3n) is 4.31. The highest BCUT2D eigenvalue weighted by molar-refractivity contribution is 5.66. The second-order valence-electron chi connectivity index (χ2n) is 8.16. The molecule has 0 atom stereocenters. The Labute approximate surface area is 147 Å². The van der Waals surface area contributed by atoms with E-state index in [1.165, 1.54) is 19.3 Å². The molecule has 0 aliphatic carbocycles. The first-order valence-electron chi connectivity index (χ1n) is 9.27. The van der Waals surface area contributed by atoms with E-state index in [1.807, 2.05) is 0 Å². The van der Waals surface area contributed by atoms with Crippen LogP contribution in [0, 0.1) is 0 Å². The summed E-state index contributed by atoms with van der Waals surface area (Å²) in [6.45, 7) is 9.14. The third-order valence-corrected chi connectivity index (χ3v) is 4.31. The molecule has 5 nitrogen and oxygen atoms in total. The second-order valence-corrected chi connectivity index (χ2v) is 8.16. The van der Waals surface area contributed by atoms with E-state index in [0.29, 0.717) is 11.1 Å². The van der Waals surface area contributed by atoms with Gasteiger partial charge in [0.1, 0.15) is 0 Å². The Morgan fingerprint density at radius 1 is 0.750 bits per heavy atom. The summed E-state index contributed by atoms with van der Waals surface area (Å²) in [7, 11) is 0. The topological polar surface area (TPSA) is 86.6 Å². The van der Waals surface area contributed by atoms with Gasteiger partial charge in [0.2, 0.25) is 0 Å². The lowest BCUT2D eigenvalue weighted by atomic mass is 9.83. The van der Waals surface area contributed by atoms with Crippen molar-refractivity contribution in [3.63, 3.8) is 0 Å². The van der Waals surface area contributed by atoms with Gasteiger partial charge in [-0.3, -0.25) is 9.59 Å². The molecule has 1 aliphatic heterocycles. The molecule has 1 saturated heterocycles. The van der Waals surface area contributed by atoms with E-state index < -0.39 is 11.9 Å². The summed E-state index contributed by atoms with van der Waals surface area (Å²) < 4.78 is 0. The van der Waals surface area contributed by atoms with E-state index >= 15 is 0 Å². The first-order chi connectivity index (χ1) is 11.0. The quantitative estimate of drug-likeness (QED) is 0.533. The summed E-state index contributed by atoms with van der Waals surface area (Å²) in [5, 5.41) is 20.3. The van der Waals surface area contributed by atoms with Gasteiger partial charge in [0.15, 0.2) is 0 Å². The Morgan fingerprint density at radius 2 is 1.08 bits per heavy atom. The second kappa shape index (κ2) is 11.5. The summed E-state index contributed by atoms with van der Waals surface area (Å²) in [6, 6.07) is 0. The first-order valence-corrected chi connectivity index (χ1v) is 9.27. The van der Waals surface area contributed by atoms with Crippen LogP contribution in [0.1, 0.15) is 98.3 Å². The van der Waals surface area contributed by atoms with Crippen molar-refractivity contribution in [2.24, 2.45) is 0 Å². The fraction of sp³-hybridized carbons (Fsp3) is 0.895. The zero-order valence-corrected chi connectivity index (χ0v) is 16.0. The molecule has 0 saturated carbocycles. The maximum Gasteiger partial charge on any atom is 0.303 e. The molecule has 3 N–H and O–H groups in total. The van der Waals surface area contributed by atoms with Crippen LogP contribution in [0.15, 0.2) is 0 Å². The molecule has 24 heavy (non-hydrogen) atoms. The summed E-state index contributed by atoms with van der Waals surface area (Å²) >= 11 is 0. The summed E-state index contributed by atoms with van der Waals surface area (Å²) in [4.78, 5) is 20.3. The average Bonchev–Trinajstić information content (AvgIpc) is 2.39. The minimum atomic E-state index is -0.740. The van der Waals surface area contributed by atoms with Gasteiger partial charge in [0, 0.05) is 23.9 Å². The molecule has 1 rings (SSSR count). The standard InChI is InChI=1S/C10H18O4.C9H19N/c11-9(12)7-5-3-1-2-4-6-8-10(13)14;1-8(2)6-5-7-9(3,4)10-8/h1-8H2,(H,11,12)(H,13,14);10H,5-7H2,1-4H3. The number of piperidine rings is 1. The largest absolute Gasteiger partial charge is 0.481 e. The van der Waals surface area contributed by atoms with Crippen LogP contribution in [-0.4, -0.2) is 33.2 Å². The van der Waals surface area contributed by atoms with Crippen molar-refractivity contribution in [3.05, 3.63) is 0 Å². The Kier molecular flexibility index (Phi) is 10.9. The Balaban J connectivity index is 0.000000463. The van der Waals surface area contributed by atoms with Crippen LogP contribution in [0.2, 0.25) is 0 Å². The molecule has 0 spiro atoms. The van der Waals surface area contributed by atoms with Crippen molar-refractivity contribution in [3.8, 4) is 0 Å². The summed E-state index contributed by atoms with van der Waals surface area (Å²) in [5.74, 6) is -1.48. The highest BCUT2D eigenvalue weighted by atomic mass is 16.4. The molecule has 142 valence electrons. The van der Waals surface area contributed by atoms with Crippen LogP contribution in [0.3, 0.4) is 0 Å². The van der Waals surface area contributed by atoms with E-state index in [2.05, 4.69) is 33.0 Å². The van der Waals surface area contributed by atoms with Gasteiger partial charge in [-0.2, -0.15) is 0 Å². The molecule has 0 amide bonds. The molecule has 0 aromatic heterocycles. The number of unbranched alkanes of at least 4 members (excludes halogenated alkanes) is 5. The van der Waals surface area contributed by atoms with E-state index in [0.717, 1.165) is 38.5 Å². The minimum absolute atomic E-state index is 0.245. The van der Waals surface area contributed by atoms with Gasteiger partial charge in [-0.05, 0) is 59.8 Å². The van der Waals surface area contributed by atoms with Crippen molar-refractivity contribution in [2.45, 2.75) is 109 Å². The van der Waals surface area contributed by atoms with E-state index in [1.54, 1.807) is 0 Å². The Hall–Kier alpha value is -1.10. The summed E-state index contributed by atoms with van der Waals surface area (Å²) in [6.07, 6.45) is 9.82. The van der Waals surface area contributed by atoms with Crippen molar-refractivity contribution in [2.75, 3.05) is 0 Å². The lowest BCUT2D eigenvalue weighted by Crippen LogP contribution is -2.55. The molecular weight excluding hydrogens is 306 g/mol. The van der Waals surface area contributed by atoms with E-state index in [4.69, 9.17) is 10.2 Å². The van der Waals surface area contributed by atoms with Gasteiger partial charge in [0.05, 0.1) is 0 Å². The predicted octanol–water partition coefficient (Wildman–Crippen LogP) is 4.59. The third kappa shape index (κ3) is 14.5. The average molecular weight is 344 g/mol. The van der Waals surface area contributed by atoms with Crippen molar-refractivity contribution in [1.29, 1.82) is 0 Å². The molecule has 5 heteroatoms. The molecule has 1 aliphatic rings. The van der Waals surface area contributed by atoms with Gasteiger partial charge in [-0.1, -0.05) is 25.7 Å². The highest BCUT2D eigenvalue weighted by Crippen LogP contribution is 2.27. The van der Waals surface area contributed by atoms with E-state index in [9.17, 15) is 9.59 Å². The SMILES string of the molecule is CC1(C)CCCC(C)(C)N1.O=C(O)CCCCCCCCC(=O)O. The van der Waals surface area contributed by atoms with Crippen molar-refractivity contribution in [1.82, 2.24) is 5.32 Å². The zero-order valence-electron chi connectivity index (χ0n) is 16.0. The Bertz CT molecular complexity index is 344. The number of carbonyl (C=O) groups is 2. The van der Waals surface area contributed by atoms with Crippen molar-refractivity contribution < 1.29 is 19.8 Å². The summed E-state index contributed by atoms with van der Waals surface area (Å²) in [5.41, 5.74) is 0.726. The molecule has 0 aromatic carbocycles. The number of aliphatic carboxylic acids is 2. The van der Waals surface area contributed by atoms with Crippen molar-refractivity contribution >= 4 is 11.9 Å². The monoisotopic (exact) mass is 343 g/mol. The highest BCUT2D eigenvalue weighted by Gasteiger charge is 2.31. The number of hydrogen-bond acceptors (Lipinski definition) is 3. The lowest BCUT2D eigenvalue weighted by Gasteiger charge is -2.42. The van der Waals surface area contributed by atoms with Crippen LogP contribution in [0.4, 0.5) is 0 Å². The molecule has 1 heterocycles. The van der Waals surface area contributed by atoms with Crippen LogP contribution in [0.5, 0.6) is 0 Å². The molecule has 0 aromatic rings. The van der Waals surface area contributed by atoms with Crippen LogP contribution in [0.25, 0.3) is 0 Å². The molecule has 0 unspecified atom stereocenters. The van der Waals surface area contributed by atoms with Gasteiger partial charge >= 0.3 is 11.9 Å². The van der Waals surface area contributed by atoms with Crippen LogP contribution >= 0.6 is 0 Å². The molecule has 1 fully saturated rings. The lowest BCUT2D eigenvalue weighted by molar-refractivity contribution is -0.138. The molecule has 0 bridgehead atoms. The molecule has 0 radical (unpaired) electrons. The number of carboxylic acids is 2. The van der Waals surface area contributed by atoms with E-state index in [-0.39, 0.29) is 12.8 Å². The fourth-order valence-electron chi connectivity index (χ4n) is 3.27. The number of carboxylic acid groups (broad SMARTS) is 2. The Morgan fingerprint density at radius 3 is 1.33 bits per heavy atom. The van der Waals surface area contributed by atoms with Gasteiger partial charge < -0.3 is 15.5 Å². The maximum absolute atomic E-state index is 10.1. The number of hydrogen-bond donors (Lipinski definition) is 3. The zero-order chi connectivity index (χ0) is 18.6. The number of rotatable bonds is 9. The minimum Gasteiger partial charge on any atom is -0.481 e. The van der Waals surface area contributed by atoms with Gasteiger partial charge in [-0.25, -0.2) is 0 Å². The fourth-order valence-corrected chi connectivity index (χ4v) is 3.27. The first kappa shape index (κ1) is 22.9. The predicted molar refractivity (Wildman–Crippen MR) is 97.4 cm³/mol. The van der Waals surface area contributed by atoms with Crippen LogP contribution in [-0.2, 0) is 9.59 Å². The number of nitrogens with one attached hydrogen (secondary N) is 1. The van der Waals surface area contributed by atoms with Crippen LogP contribution < -0.4 is 5.32 Å².